The van der Waals surface area contributed by atoms with Gasteiger partial charge in [0, 0.05) is 17.1 Å². The molecule has 0 spiro atoms. The molecule has 106 valence electrons. The molecular weight excluding hydrogens is 266 g/mol. The molecule has 0 saturated carbocycles. The fourth-order valence-electron chi connectivity index (χ4n) is 2.49. The number of pyridine rings is 1. The van der Waals surface area contributed by atoms with Crippen molar-refractivity contribution in [1.29, 1.82) is 0 Å². The van der Waals surface area contributed by atoms with E-state index in [1.165, 1.54) is 6.20 Å². The van der Waals surface area contributed by atoms with Crippen molar-refractivity contribution in [3.8, 4) is 5.75 Å². The minimum Gasteiger partial charge on any atom is -0.464 e. The molecule has 0 fully saturated rings. The van der Waals surface area contributed by atoms with E-state index in [9.17, 15) is 4.79 Å². The number of rotatable bonds is 3. The van der Waals surface area contributed by atoms with Crippen LogP contribution in [0, 0.1) is 13.8 Å². The number of furan rings is 1. The number of hydrogen-bond acceptors (Lipinski definition) is 4. The Kier molecular flexibility index (Phi) is 3.44. The van der Waals surface area contributed by atoms with Crippen LogP contribution in [-0.4, -0.2) is 11.0 Å². The summed E-state index contributed by atoms with van der Waals surface area (Å²) < 4.78 is 10.8. The maximum Gasteiger partial charge on any atom is 0.315 e. The van der Waals surface area contributed by atoms with Crippen LogP contribution in [0.4, 0.5) is 0 Å². The van der Waals surface area contributed by atoms with Gasteiger partial charge in [0.1, 0.15) is 11.3 Å². The molecule has 0 bridgehead atoms. The van der Waals surface area contributed by atoms with Crippen molar-refractivity contribution in [3.63, 3.8) is 0 Å². The molecule has 2 aromatic heterocycles. The van der Waals surface area contributed by atoms with Crippen LogP contribution in [0.5, 0.6) is 5.75 Å². The summed E-state index contributed by atoms with van der Waals surface area (Å²) in [6, 6.07) is 7.47. The number of aryl methyl sites for hydroxylation is 2. The van der Waals surface area contributed by atoms with E-state index in [1.54, 1.807) is 24.6 Å². The quantitative estimate of drug-likeness (QED) is 0.688. The summed E-state index contributed by atoms with van der Waals surface area (Å²) in [6.07, 6.45) is 4.94. The number of carbonyl (C=O) groups is 1. The van der Waals surface area contributed by atoms with Crippen LogP contribution in [0.15, 0.2) is 47.3 Å². The number of ether oxygens (including phenoxy) is 1. The molecule has 0 unspecified atom stereocenters. The zero-order valence-electron chi connectivity index (χ0n) is 11.9. The number of esters is 1. The highest BCUT2D eigenvalue weighted by Crippen LogP contribution is 2.26. The lowest BCUT2D eigenvalue weighted by Gasteiger charge is -2.04. The van der Waals surface area contributed by atoms with Gasteiger partial charge < -0.3 is 9.15 Å². The van der Waals surface area contributed by atoms with Crippen molar-refractivity contribution in [3.05, 3.63) is 59.6 Å². The Morgan fingerprint density at radius 3 is 2.95 bits per heavy atom. The maximum atomic E-state index is 12.0. The average Bonchev–Trinajstić information content (AvgIpc) is 2.82. The highest BCUT2D eigenvalue weighted by molar-refractivity contribution is 5.89. The molecule has 0 amide bonds. The first kappa shape index (κ1) is 13.4. The molecule has 0 aliphatic heterocycles. The van der Waals surface area contributed by atoms with E-state index >= 15 is 0 Å². The average molecular weight is 281 g/mol. The molecule has 2 heterocycles. The summed E-state index contributed by atoms with van der Waals surface area (Å²) in [7, 11) is 0. The molecule has 3 rings (SSSR count). The Labute approximate surface area is 122 Å². The van der Waals surface area contributed by atoms with E-state index in [1.807, 2.05) is 19.9 Å². The van der Waals surface area contributed by atoms with Gasteiger partial charge in [0.15, 0.2) is 0 Å². The summed E-state index contributed by atoms with van der Waals surface area (Å²) >= 11 is 0. The molecule has 3 aromatic rings. The van der Waals surface area contributed by atoms with Crippen LogP contribution in [0.1, 0.15) is 16.7 Å². The van der Waals surface area contributed by atoms with E-state index in [0.717, 1.165) is 27.7 Å². The second kappa shape index (κ2) is 5.40. The first-order chi connectivity index (χ1) is 10.1. The lowest BCUT2D eigenvalue weighted by Crippen LogP contribution is -2.11. The summed E-state index contributed by atoms with van der Waals surface area (Å²) in [4.78, 5) is 15.9. The van der Waals surface area contributed by atoms with Crippen LogP contribution in [0.2, 0.25) is 0 Å². The molecule has 0 aliphatic rings. The van der Waals surface area contributed by atoms with E-state index < -0.39 is 0 Å². The highest BCUT2D eigenvalue weighted by atomic mass is 16.5. The van der Waals surface area contributed by atoms with E-state index in [-0.39, 0.29) is 12.4 Å². The molecule has 21 heavy (non-hydrogen) atoms. The third-order valence-corrected chi connectivity index (χ3v) is 3.29. The number of carbonyl (C=O) groups excluding carboxylic acids is 1. The molecule has 4 nitrogen and oxygen atoms in total. The van der Waals surface area contributed by atoms with Crippen molar-refractivity contribution in [2.75, 3.05) is 0 Å². The zero-order valence-corrected chi connectivity index (χ0v) is 11.9. The smallest absolute Gasteiger partial charge is 0.315 e. The predicted molar refractivity (Wildman–Crippen MR) is 79.3 cm³/mol. The molecule has 4 heteroatoms. The second-order valence-corrected chi connectivity index (χ2v) is 5.06. The van der Waals surface area contributed by atoms with Crippen molar-refractivity contribution >= 4 is 16.9 Å². The third-order valence-electron chi connectivity index (χ3n) is 3.29. The van der Waals surface area contributed by atoms with Crippen molar-refractivity contribution in [1.82, 2.24) is 4.98 Å². The molecule has 0 aliphatic carbocycles. The third kappa shape index (κ3) is 2.79. The van der Waals surface area contributed by atoms with Crippen molar-refractivity contribution in [2.45, 2.75) is 20.3 Å². The minimum atomic E-state index is -0.328. The van der Waals surface area contributed by atoms with Crippen LogP contribution < -0.4 is 4.74 Å². The molecule has 1 aromatic carbocycles. The van der Waals surface area contributed by atoms with Gasteiger partial charge in [0.2, 0.25) is 0 Å². The molecular formula is C17H15NO3. The minimum absolute atomic E-state index is 0.172. The second-order valence-electron chi connectivity index (χ2n) is 5.06. The first-order valence-electron chi connectivity index (χ1n) is 6.71. The Balaban J connectivity index is 1.84. The summed E-state index contributed by atoms with van der Waals surface area (Å²) in [5, 5.41) is 0.990. The fraction of sp³-hybridized carbons (Fsp3) is 0.176. The molecule has 0 N–H and O–H groups in total. The largest absolute Gasteiger partial charge is 0.464 e. The van der Waals surface area contributed by atoms with Gasteiger partial charge in [-0.05, 0) is 43.2 Å². The Morgan fingerprint density at radius 1 is 1.33 bits per heavy atom. The van der Waals surface area contributed by atoms with Gasteiger partial charge in [0.05, 0.1) is 18.9 Å². The van der Waals surface area contributed by atoms with Gasteiger partial charge in [-0.3, -0.25) is 9.78 Å². The highest BCUT2D eigenvalue weighted by Gasteiger charge is 2.14. The summed E-state index contributed by atoms with van der Waals surface area (Å²) in [5.41, 5.74) is 3.88. The molecule has 0 atom stereocenters. The molecule has 0 radical (unpaired) electrons. The lowest BCUT2D eigenvalue weighted by molar-refractivity contribution is -0.133. The number of nitrogens with zero attached hydrogens (tertiary/aromatic N) is 1. The zero-order chi connectivity index (χ0) is 14.8. The van der Waals surface area contributed by atoms with Crippen molar-refractivity contribution < 1.29 is 13.9 Å². The van der Waals surface area contributed by atoms with Crippen molar-refractivity contribution in [2.24, 2.45) is 0 Å². The predicted octanol–water partition coefficient (Wildman–Crippen LogP) is 3.59. The SMILES string of the molecule is Cc1cc(C)c2c(CC(=O)Oc3cccnc3)coc2c1. The van der Waals surface area contributed by atoms with Gasteiger partial charge in [-0.25, -0.2) is 0 Å². The Morgan fingerprint density at radius 2 is 2.19 bits per heavy atom. The Bertz CT molecular complexity index is 790. The van der Waals surface area contributed by atoms with Crippen LogP contribution in [0.3, 0.4) is 0 Å². The number of fused-ring (bicyclic) bond motifs is 1. The van der Waals surface area contributed by atoms with E-state index in [4.69, 9.17) is 9.15 Å². The standard InChI is InChI=1S/C17H15NO3/c1-11-6-12(2)17-13(10-20-15(17)7-11)8-16(19)21-14-4-3-5-18-9-14/h3-7,9-10H,8H2,1-2H3. The van der Waals surface area contributed by atoms with Gasteiger partial charge in [-0.1, -0.05) is 6.07 Å². The van der Waals surface area contributed by atoms with Gasteiger partial charge in [-0.2, -0.15) is 0 Å². The number of aromatic nitrogens is 1. The number of hydrogen-bond donors (Lipinski definition) is 0. The van der Waals surface area contributed by atoms with Crippen LogP contribution >= 0.6 is 0 Å². The fourth-order valence-corrected chi connectivity index (χ4v) is 2.49. The van der Waals surface area contributed by atoms with Gasteiger partial charge >= 0.3 is 5.97 Å². The normalized spacial score (nSPS) is 10.8. The topological polar surface area (TPSA) is 52.3 Å². The summed E-state index contributed by atoms with van der Waals surface area (Å²) in [6.45, 7) is 4.03. The monoisotopic (exact) mass is 281 g/mol. The van der Waals surface area contributed by atoms with Gasteiger partial charge in [0.25, 0.3) is 0 Å². The van der Waals surface area contributed by atoms with Crippen LogP contribution in [-0.2, 0) is 11.2 Å². The first-order valence-corrected chi connectivity index (χ1v) is 6.71. The van der Waals surface area contributed by atoms with Crippen LogP contribution in [0.25, 0.3) is 11.0 Å². The van der Waals surface area contributed by atoms with Gasteiger partial charge in [-0.15, -0.1) is 0 Å². The Hall–Kier alpha value is -2.62. The number of benzene rings is 1. The van der Waals surface area contributed by atoms with E-state index in [2.05, 4.69) is 11.1 Å². The maximum absolute atomic E-state index is 12.0. The lowest BCUT2D eigenvalue weighted by atomic mass is 10.0. The summed E-state index contributed by atoms with van der Waals surface area (Å²) in [5.74, 6) is 0.119. The molecule has 0 saturated heterocycles. The van der Waals surface area contributed by atoms with E-state index in [0.29, 0.717) is 5.75 Å².